The Morgan fingerprint density at radius 3 is 1.86 bits per heavy atom. The van der Waals surface area contributed by atoms with Gasteiger partial charge in [0.15, 0.2) is 0 Å². The molecular formula is C19H29F3. The van der Waals surface area contributed by atoms with E-state index in [0.717, 1.165) is 5.56 Å². The Morgan fingerprint density at radius 1 is 0.818 bits per heavy atom. The van der Waals surface area contributed by atoms with E-state index in [1.54, 1.807) is 19.1 Å². The van der Waals surface area contributed by atoms with Gasteiger partial charge in [0, 0.05) is 5.92 Å². The summed E-state index contributed by atoms with van der Waals surface area (Å²) in [6.07, 6.45) is -1.08. The van der Waals surface area contributed by atoms with Crippen molar-refractivity contribution in [3.63, 3.8) is 0 Å². The van der Waals surface area contributed by atoms with Gasteiger partial charge in [0.25, 0.3) is 0 Å². The molecule has 0 heterocycles. The Balaban J connectivity index is 2.58. The van der Waals surface area contributed by atoms with Crippen LogP contribution in [0, 0.1) is 23.6 Å². The van der Waals surface area contributed by atoms with Crippen molar-refractivity contribution in [3.8, 4) is 0 Å². The van der Waals surface area contributed by atoms with Crippen LogP contribution in [0.3, 0.4) is 0 Å². The second kappa shape index (κ2) is 8.59. The van der Waals surface area contributed by atoms with Crippen molar-refractivity contribution in [2.24, 2.45) is 17.8 Å². The molecule has 0 saturated carbocycles. The van der Waals surface area contributed by atoms with Crippen LogP contribution < -0.4 is 0 Å². The Hall–Kier alpha value is -0.990. The molecule has 0 aliphatic carbocycles. The second-order valence-electron chi connectivity index (χ2n) is 7.07. The molecule has 126 valence electrons. The summed E-state index contributed by atoms with van der Waals surface area (Å²) in [5.74, 6) is -0.489. The van der Waals surface area contributed by atoms with E-state index in [-0.39, 0.29) is 23.6 Å². The molecule has 0 saturated heterocycles. The van der Waals surface area contributed by atoms with Crippen LogP contribution in [0.15, 0.2) is 24.3 Å². The van der Waals surface area contributed by atoms with Gasteiger partial charge in [0.2, 0.25) is 0 Å². The molecule has 0 bridgehead atoms. The van der Waals surface area contributed by atoms with Crippen molar-refractivity contribution in [1.29, 1.82) is 0 Å². The number of alkyl halides is 2. The number of hydrogen-bond donors (Lipinski definition) is 0. The summed E-state index contributed by atoms with van der Waals surface area (Å²) >= 11 is 0. The third kappa shape index (κ3) is 5.66. The van der Waals surface area contributed by atoms with Gasteiger partial charge in [-0.25, -0.2) is 13.2 Å². The Bertz CT molecular complexity index is 427. The molecule has 1 aromatic rings. The van der Waals surface area contributed by atoms with Gasteiger partial charge in [-0.3, -0.25) is 0 Å². The molecule has 0 aliphatic heterocycles. The minimum atomic E-state index is -1.05. The maximum atomic E-state index is 14.5. The first kappa shape index (κ1) is 19.1. The van der Waals surface area contributed by atoms with E-state index in [1.807, 2.05) is 27.7 Å². The van der Waals surface area contributed by atoms with Gasteiger partial charge in [-0.2, -0.15) is 0 Å². The zero-order chi connectivity index (χ0) is 16.9. The van der Waals surface area contributed by atoms with E-state index in [0.29, 0.717) is 18.8 Å². The predicted octanol–water partition coefficient (Wildman–Crippen LogP) is 6.31. The number of halogens is 3. The molecule has 0 nitrogen and oxygen atoms in total. The van der Waals surface area contributed by atoms with Crippen LogP contribution >= 0.6 is 0 Å². The Morgan fingerprint density at radius 2 is 1.36 bits per heavy atom. The molecular weight excluding hydrogens is 285 g/mol. The number of hydrogen-bond acceptors (Lipinski definition) is 0. The third-order valence-corrected chi connectivity index (χ3v) is 4.70. The van der Waals surface area contributed by atoms with Crippen LogP contribution in [0.2, 0.25) is 0 Å². The maximum Gasteiger partial charge on any atom is 0.123 e. The van der Waals surface area contributed by atoms with Crippen molar-refractivity contribution in [1.82, 2.24) is 0 Å². The second-order valence-corrected chi connectivity index (χ2v) is 7.07. The fourth-order valence-electron chi connectivity index (χ4n) is 2.77. The molecule has 0 radical (unpaired) electrons. The van der Waals surface area contributed by atoms with E-state index in [2.05, 4.69) is 0 Å². The van der Waals surface area contributed by atoms with Gasteiger partial charge >= 0.3 is 0 Å². The quantitative estimate of drug-likeness (QED) is 0.527. The summed E-state index contributed by atoms with van der Waals surface area (Å²) in [6, 6.07) is 5.95. The van der Waals surface area contributed by atoms with E-state index in [4.69, 9.17) is 0 Å². The summed E-state index contributed by atoms with van der Waals surface area (Å²) in [4.78, 5) is 0. The largest absolute Gasteiger partial charge is 0.247 e. The number of rotatable bonds is 8. The average molecular weight is 314 g/mol. The van der Waals surface area contributed by atoms with E-state index in [9.17, 15) is 13.2 Å². The summed E-state index contributed by atoms with van der Waals surface area (Å²) in [5.41, 5.74) is 0.785. The lowest BCUT2D eigenvalue weighted by molar-refractivity contribution is 0.131. The molecule has 3 heteroatoms. The van der Waals surface area contributed by atoms with Crippen LogP contribution in [0.1, 0.15) is 58.9 Å². The summed E-state index contributed by atoms with van der Waals surface area (Å²) in [6.45, 7) is 9.59. The molecule has 22 heavy (non-hydrogen) atoms. The summed E-state index contributed by atoms with van der Waals surface area (Å²) in [7, 11) is 0. The fraction of sp³-hybridized carbons (Fsp3) is 0.684. The fourth-order valence-corrected chi connectivity index (χ4v) is 2.77. The van der Waals surface area contributed by atoms with Gasteiger partial charge in [-0.15, -0.1) is 0 Å². The van der Waals surface area contributed by atoms with E-state index >= 15 is 0 Å². The van der Waals surface area contributed by atoms with Crippen molar-refractivity contribution >= 4 is 0 Å². The SMILES string of the molecule is CC(C)CC(F)C(C)C(C)CC(F)C(C)c1ccc(F)cc1. The molecule has 0 amide bonds. The van der Waals surface area contributed by atoms with E-state index < -0.39 is 12.3 Å². The van der Waals surface area contributed by atoms with Crippen LogP contribution in [-0.2, 0) is 0 Å². The van der Waals surface area contributed by atoms with Crippen LogP contribution in [-0.4, -0.2) is 12.3 Å². The van der Waals surface area contributed by atoms with Gasteiger partial charge in [-0.1, -0.05) is 46.8 Å². The highest BCUT2D eigenvalue weighted by Crippen LogP contribution is 2.32. The zero-order valence-electron chi connectivity index (χ0n) is 14.3. The Labute approximate surface area is 133 Å². The normalized spacial score (nSPS) is 18.8. The van der Waals surface area contributed by atoms with Gasteiger partial charge in [0.05, 0.1) is 0 Å². The van der Waals surface area contributed by atoms with Crippen molar-refractivity contribution in [2.45, 2.75) is 65.7 Å². The molecule has 0 aliphatic rings. The van der Waals surface area contributed by atoms with Crippen LogP contribution in [0.25, 0.3) is 0 Å². The van der Waals surface area contributed by atoms with Crippen LogP contribution in [0.5, 0.6) is 0 Å². The van der Waals surface area contributed by atoms with Crippen molar-refractivity contribution in [3.05, 3.63) is 35.6 Å². The molecule has 0 aromatic heterocycles. The molecule has 0 N–H and O–H groups in total. The molecule has 1 rings (SSSR count). The highest BCUT2D eigenvalue weighted by atomic mass is 19.1. The Kier molecular flexibility index (Phi) is 7.44. The minimum Gasteiger partial charge on any atom is -0.247 e. The monoisotopic (exact) mass is 314 g/mol. The van der Waals surface area contributed by atoms with Gasteiger partial charge in [-0.05, 0) is 48.3 Å². The van der Waals surface area contributed by atoms with Crippen LogP contribution in [0.4, 0.5) is 13.2 Å². The zero-order valence-corrected chi connectivity index (χ0v) is 14.3. The molecule has 0 spiro atoms. The summed E-state index contributed by atoms with van der Waals surface area (Å²) < 4.78 is 41.6. The number of benzene rings is 1. The maximum absolute atomic E-state index is 14.5. The van der Waals surface area contributed by atoms with Gasteiger partial charge < -0.3 is 0 Å². The lowest BCUT2D eigenvalue weighted by atomic mass is 9.82. The van der Waals surface area contributed by atoms with Gasteiger partial charge in [0.1, 0.15) is 18.2 Å². The smallest absolute Gasteiger partial charge is 0.123 e. The average Bonchev–Trinajstić information content (AvgIpc) is 2.45. The molecule has 1 aromatic carbocycles. The minimum absolute atomic E-state index is 0.0216. The highest BCUT2D eigenvalue weighted by Gasteiger charge is 2.28. The predicted molar refractivity (Wildman–Crippen MR) is 87.0 cm³/mol. The summed E-state index contributed by atoms with van der Waals surface area (Å²) in [5, 5.41) is 0. The first-order valence-electron chi connectivity index (χ1n) is 8.26. The van der Waals surface area contributed by atoms with Crippen molar-refractivity contribution in [2.75, 3.05) is 0 Å². The standard InChI is InChI=1S/C19H29F3/c1-12(2)10-18(21)14(4)13(3)11-19(22)15(5)16-6-8-17(20)9-7-16/h6-9,12-15,18-19H,10-11H2,1-5H3. The first-order chi connectivity index (χ1) is 10.2. The molecule has 5 atom stereocenters. The highest BCUT2D eigenvalue weighted by molar-refractivity contribution is 5.20. The third-order valence-electron chi connectivity index (χ3n) is 4.70. The topological polar surface area (TPSA) is 0 Å². The lowest BCUT2D eigenvalue weighted by Crippen LogP contribution is -2.25. The first-order valence-corrected chi connectivity index (χ1v) is 8.26. The lowest BCUT2D eigenvalue weighted by Gasteiger charge is -2.27. The van der Waals surface area contributed by atoms with Crippen molar-refractivity contribution < 1.29 is 13.2 Å². The molecule has 0 fully saturated rings. The van der Waals surface area contributed by atoms with E-state index in [1.165, 1.54) is 12.1 Å². The molecule has 5 unspecified atom stereocenters.